The minimum atomic E-state index is -1.24. The summed E-state index contributed by atoms with van der Waals surface area (Å²) in [6.45, 7) is 0.124. The van der Waals surface area contributed by atoms with Crippen LogP contribution < -0.4 is 5.73 Å². The number of carboxylic acids is 2. The van der Waals surface area contributed by atoms with Gasteiger partial charge in [0.15, 0.2) is 0 Å². The lowest BCUT2D eigenvalue weighted by Crippen LogP contribution is -2.54. The molecule has 1 aromatic carbocycles. The van der Waals surface area contributed by atoms with Crippen molar-refractivity contribution in [3.63, 3.8) is 0 Å². The molecule has 1 aromatic rings. The third-order valence-electron chi connectivity index (χ3n) is 3.53. The Labute approximate surface area is 121 Å². The molecule has 112 valence electrons. The average molecular weight is 292 g/mol. The molecule has 21 heavy (non-hydrogen) atoms. The van der Waals surface area contributed by atoms with Gasteiger partial charge < -0.3 is 20.8 Å². The van der Waals surface area contributed by atoms with E-state index in [2.05, 4.69) is 0 Å². The summed E-state index contributed by atoms with van der Waals surface area (Å²) >= 11 is 0. The van der Waals surface area contributed by atoms with Crippen LogP contribution in [0.15, 0.2) is 24.3 Å². The van der Waals surface area contributed by atoms with Crippen LogP contribution in [0.1, 0.15) is 17.5 Å². The lowest BCUT2D eigenvalue weighted by Gasteiger charge is -2.35. The van der Waals surface area contributed by atoms with E-state index < -0.39 is 36.4 Å². The van der Waals surface area contributed by atoms with Gasteiger partial charge in [0.25, 0.3) is 0 Å². The molecule has 2 atom stereocenters. The summed E-state index contributed by atoms with van der Waals surface area (Å²) in [6, 6.07) is 4.99. The maximum absolute atomic E-state index is 12.2. The third kappa shape index (κ3) is 3.19. The zero-order valence-corrected chi connectivity index (χ0v) is 11.2. The van der Waals surface area contributed by atoms with Crippen LogP contribution in [0.25, 0.3) is 0 Å². The molecule has 0 bridgehead atoms. The molecule has 1 aliphatic rings. The van der Waals surface area contributed by atoms with Gasteiger partial charge in [-0.1, -0.05) is 24.3 Å². The van der Waals surface area contributed by atoms with Crippen LogP contribution >= 0.6 is 0 Å². The van der Waals surface area contributed by atoms with Gasteiger partial charge in [-0.2, -0.15) is 0 Å². The Morgan fingerprint density at radius 3 is 2.43 bits per heavy atom. The molecule has 1 heterocycles. The number of carbonyl (C=O) groups excluding carboxylic acids is 1. The van der Waals surface area contributed by atoms with Crippen LogP contribution in [0, 0.1) is 0 Å². The van der Waals surface area contributed by atoms with Gasteiger partial charge in [0.1, 0.15) is 6.04 Å². The van der Waals surface area contributed by atoms with Crippen molar-refractivity contribution in [3.8, 4) is 0 Å². The highest BCUT2D eigenvalue weighted by molar-refractivity contribution is 5.90. The van der Waals surface area contributed by atoms with E-state index in [4.69, 9.17) is 10.8 Å². The van der Waals surface area contributed by atoms with E-state index in [0.29, 0.717) is 0 Å². The zero-order chi connectivity index (χ0) is 15.6. The summed E-state index contributed by atoms with van der Waals surface area (Å²) < 4.78 is 0. The fourth-order valence-corrected chi connectivity index (χ4v) is 2.46. The summed E-state index contributed by atoms with van der Waals surface area (Å²) in [5.41, 5.74) is 7.29. The largest absolute Gasteiger partial charge is 0.481 e. The van der Waals surface area contributed by atoms with Crippen LogP contribution in [0.2, 0.25) is 0 Å². The Hall–Kier alpha value is -2.41. The smallest absolute Gasteiger partial charge is 0.326 e. The molecule has 7 nitrogen and oxygen atoms in total. The second-order valence-corrected chi connectivity index (χ2v) is 5.00. The molecule has 4 N–H and O–H groups in total. The number of fused-ring (bicyclic) bond motifs is 1. The Morgan fingerprint density at radius 2 is 1.86 bits per heavy atom. The molecular formula is C14H16N2O5. The quantitative estimate of drug-likeness (QED) is 0.708. The van der Waals surface area contributed by atoms with E-state index in [1.54, 1.807) is 6.07 Å². The first kappa shape index (κ1) is 15.0. The number of nitrogens with two attached hydrogens (primary N) is 1. The standard InChI is InChI=1S/C14H16N2O5/c15-10(6-12(17)18)13(19)16-7-9-4-2-1-3-8(9)5-11(16)14(20)21/h1-4,10-11H,5-7,15H2,(H,17,18)(H,20,21)/t10?,11-/m1/s1. The van der Waals surface area contributed by atoms with Gasteiger partial charge in [-0.25, -0.2) is 4.79 Å². The van der Waals surface area contributed by atoms with E-state index in [0.717, 1.165) is 16.0 Å². The second-order valence-electron chi connectivity index (χ2n) is 5.00. The predicted molar refractivity (Wildman–Crippen MR) is 72.3 cm³/mol. The number of carbonyl (C=O) groups is 3. The minimum Gasteiger partial charge on any atom is -0.481 e. The first-order chi connectivity index (χ1) is 9.90. The fraction of sp³-hybridized carbons (Fsp3) is 0.357. The third-order valence-corrected chi connectivity index (χ3v) is 3.53. The van der Waals surface area contributed by atoms with Crippen molar-refractivity contribution in [1.82, 2.24) is 4.90 Å². The maximum atomic E-state index is 12.2. The molecule has 2 rings (SSSR count). The maximum Gasteiger partial charge on any atom is 0.326 e. The van der Waals surface area contributed by atoms with E-state index in [1.807, 2.05) is 18.2 Å². The van der Waals surface area contributed by atoms with Gasteiger partial charge in [0.05, 0.1) is 12.5 Å². The first-order valence-electron chi connectivity index (χ1n) is 6.47. The number of amides is 1. The predicted octanol–water partition coefficient (Wildman–Crippen LogP) is -0.174. The molecular weight excluding hydrogens is 276 g/mol. The molecule has 0 spiro atoms. The normalized spacial score (nSPS) is 18.7. The monoisotopic (exact) mass is 292 g/mol. The van der Waals surface area contributed by atoms with Crippen molar-refractivity contribution in [3.05, 3.63) is 35.4 Å². The van der Waals surface area contributed by atoms with E-state index in [9.17, 15) is 19.5 Å². The molecule has 0 saturated carbocycles. The van der Waals surface area contributed by atoms with Crippen molar-refractivity contribution < 1.29 is 24.6 Å². The van der Waals surface area contributed by atoms with E-state index in [-0.39, 0.29) is 13.0 Å². The summed E-state index contributed by atoms with van der Waals surface area (Å²) in [5, 5.41) is 18.0. The average Bonchev–Trinajstić information content (AvgIpc) is 2.44. The molecule has 0 fully saturated rings. The van der Waals surface area contributed by atoms with Crippen LogP contribution in [0.5, 0.6) is 0 Å². The Kier molecular flexibility index (Phi) is 4.23. The van der Waals surface area contributed by atoms with E-state index in [1.165, 1.54) is 0 Å². The molecule has 0 aliphatic carbocycles. The molecule has 7 heteroatoms. The Balaban J connectivity index is 2.26. The Bertz CT molecular complexity index is 586. The number of aliphatic carboxylic acids is 2. The molecule has 0 saturated heterocycles. The van der Waals surface area contributed by atoms with Gasteiger partial charge in [-0.3, -0.25) is 9.59 Å². The number of carboxylic acid groups (broad SMARTS) is 2. The highest BCUT2D eigenvalue weighted by atomic mass is 16.4. The lowest BCUT2D eigenvalue weighted by molar-refractivity contribution is -0.152. The van der Waals surface area contributed by atoms with Crippen molar-refractivity contribution in [2.75, 3.05) is 0 Å². The number of nitrogens with zero attached hydrogens (tertiary/aromatic N) is 1. The zero-order valence-electron chi connectivity index (χ0n) is 11.2. The van der Waals surface area contributed by atoms with Crippen LogP contribution in [0.3, 0.4) is 0 Å². The van der Waals surface area contributed by atoms with Crippen molar-refractivity contribution in [2.45, 2.75) is 31.5 Å². The number of benzene rings is 1. The SMILES string of the molecule is NC(CC(=O)O)C(=O)N1Cc2ccccc2C[C@@H]1C(=O)O. The Morgan fingerprint density at radius 1 is 1.24 bits per heavy atom. The van der Waals surface area contributed by atoms with Gasteiger partial charge >= 0.3 is 11.9 Å². The fourth-order valence-electron chi connectivity index (χ4n) is 2.46. The molecule has 1 unspecified atom stereocenters. The topological polar surface area (TPSA) is 121 Å². The van der Waals surface area contributed by atoms with Crippen molar-refractivity contribution >= 4 is 17.8 Å². The first-order valence-corrected chi connectivity index (χ1v) is 6.47. The number of hydrogen-bond acceptors (Lipinski definition) is 4. The van der Waals surface area contributed by atoms with Crippen LogP contribution in [-0.4, -0.2) is 45.0 Å². The summed E-state index contributed by atoms with van der Waals surface area (Å²) in [4.78, 5) is 35.4. The van der Waals surface area contributed by atoms with E-state index >= 15 is 0 Å². The molecule has 0 radical (unpaired) electrons. The summed E-state index contributed by atoms with van der Waals surface area (Å²) in [7, 11) is 0. The second kappa shape index (κ2) is 5.92. The lowest BCUT2D eigenvalue weighted by atomic mass is 9.93. The number of hydrogen-bond donors (Lipinski definition) is 3. The van der Waals surface area contributed by atoms with Crippen LogP contribution in [-0.2, 0) is 27.3 Å². The molecule has 1 aliphatic heterocycles. The number of rotatable bonds is 4. The highest BCUT2D eigenvalue weighted by Crippen LogP contribution is 2.24. The van der Waals surface area contributed by atoms with Crippen LogP contribution in [0.4, 0.5) is 0 Å². The van der Waals surface area contributed by atoms with Gasteiger partial charge in [-0.05, 0) is 11.1 Å². The summed E-state index contributed by atoms with van der Waals surface area (Å²) in [6.07, 6.45) is -0.333. The minimum absolute atomic E-state index is 0.124. The van der Waals surface area contributed by atoms with Gasteiger partial charge in [0.2, 0.25) is 5.91 Å². The molecule has 1 amide bonds. The van der Waals surface area contributed by atoms with Crippen molar-refractivity contribution in [2.24, 2.45) is 5.73 Å². The molecule has 0 aromatic heterocycles. The van der Waals surface area contributed by atoms with Crippen molar-refractivity contribution in [1.29, 1.82) is 0 Å². The van der Waals surface area contributed by atoms with Gasteiger partial charge in [-0.15, -0.1) is 0 Å². The summed E-state index contributed by atoms with van der Waals surface area (Å²) in [5.74, 6) is -2.97. The highest BCUT2D eigenvalue weighted by Gasteiger charge is 2.36. The van der Waals surface area contributed by atoms with Gasteiger partial charge in [0, 0.05) is 13.0 Å².